The van der Waals surface area contributed by atoms with Crippen LogP contribution in [-0.4, -0.2) is 36.3 Å². The highest BCUT2D eigenvalue weighted by Gasteiger charge is 2.49. The van der Waals surface area contributed by atoms with Crippen molar-refractivity contribution in [1.29, 1.82) is 5.26 Å². The maximum Gasteiger partial charge on any atom is 0.325 e. The van der Waals surface area contributed by atoms with Gasteiger partial charge in [0.2, 0.25) is 5.91 Å². The lowest BCUT2D eigenvalue weighted by atomic mass is 9.91. The first-order chi connectivity index (χ1) is 12.9. The van der Waals surface area contributed by atoms with Gasteiger partial charge in [0.15, 0.2) is 0 Å². The highest BCUT2D eigenvalue weighted by molar-refractivity contribution is 6.10. The van der Waals surface area contributed by atoms with Crippen molar-refractivity contribution in [3.05, 3.63) is 65.7 Å². The summed E-state index contributed by atoms with van der Waals surface area (Å²) in [6.45, 7) is 1.19. The zero-order valence-electron chi connectivity index (χ0n) is 15.0. The minimum atomic E-state index is -1.32. The molecule has 1 unspecified atom stereocenters. The zero-order valence-corrected chi connectivity index (χ0v) is 15.0. The Balaban J connectivity index is 1.82. The number of carbonyl (C=O) groups excluding carboxylic acids is 3. The predicted molar refractivity (Wildman–Crippen MR) is 98.6 cm³/mol. The first kappa shape index (κ1) is 18.1. The third-order valence-corrected chi connectivity index (χ3v) is 4.65. The standard InChI is InChI=1S/C20H18N4O3/c1-20(15-8-6-7-14(11-15)12-21)18(26)24(19(27)22-20)13-17(25)23(2)16-9-4-3-5-10-16/h3-11H,13H2,1-2H3,(H,22,27). The lowest BCUT2D eigenvalue weighted by molar-refractivity contribution is -0.134. The van der Waals surface area contributed by atoms with Crippen LogP contribution >= 0.6 is 0 Å². The molecule has 0 aromatic heterocycles. The summed E-state index contributed by atoms with van der Waals surface area (Å²) in [7, 11) is 1.59. The number of nitrogens with zero attached hydrogens (tertiary/aromatic N) is 3. The molecular weight excluding hydrogens is 344 g/mol. The van der Waals surface area contributed by atoms with Gasteiger partial charge in [0.25, 0.3) is 5.91 Å². The second-order valence-electron chi connectivity index (χ2n) is 6.43. The molecule has 2 aromatic carbocycles. The van der Waals surface area contributed by atoms with Crippen molar-refractivity contribution in [3.63, 3.8) is 0 Å². The maximum atomic E-state index is 12.9. The van der Waals surface area contributed by atoms with Gasteiger partial charge in [0.05, 0.1) is 11.6 Å². The number of nitrogens with one attached hydrogen (secondary N) is 1. The number of carbonyl (C=O) groups is 3. The van der Waals surface area contributed by atoms with Crippen LogP contribution in [0, 0.1) is 11.3 Å². The molecule has 0 aliphatic carbocycles. The molecule has 1 atom stereocenters. The second-order valence-corrected chi connectivity index (χ2v) is 6.43. The highest BCUT2D eigenvalue weighted by atomic mass is 16.2. The molecule has 7 nitrogen and oxygen atoms in total. The Kier molecular flexibility index (Phi) is 4.65. The van der Waals surface area contributed by atoms with E-state index in [-0.39, 0.29) is 12.5 Å². The van der Waals surface area contributed by atoms with Crippen molar-refractivity contribution in [2.24, 2.45) is 0 Å². The van der Waals surface area contributed by atoms with Crippen LogP contribution in [-0.2, 0) is 15.1 Å². The van der Waals surface area contributed by atoms with Gasteiger partial charge in [-0.2, -0.15) is 5.26 Å². The van der Waals surface area contributed by atoms with Crippen LogP contribution in [0.2, 0.25) is 0 Å². The van der Waals surface area contributed by atoms with Crippen LogP contribution in [0.1, 0.15) is 18.1 Å². The van der Waals surface area contributed by atoms with Gasteiger partial charge in [-0.1, -0.05) is 30.3 Å². The second kappa shape index (κ2) is 6.92. The summed E-state index contributed by atoms with van der Waals surface area (Å²) in [5, 5.41) is 11.7. The molecule has 3 rings (SSSR count). The summed E-state index contributed by atoms with van der Waals surface area (Å²) in [6.07, 6.45) is 0. The molecule has 1 aliphatic rings. The van der Waals surface area contributed by atoms with Gasteiger partial charge in [-0.15, -0.1) is 0 Å². The van der Waals surface area contributed by atoms with Gasteiger partial charge < -0.3 is 10.2 Å². The Morgan fingerprint density at radius 3 is 2.56 bits per heavy atom. The fourth-order valence-electron chi connectivity index (χ4n) is 2.97. The first-order valence-corrected chi connectivity index (χ1v) is 8.33. The van der Waals surface area contributed by atoms with E-state index in [9.17, 15) is 14.4 Å². The summed E-state index contributed by atoms with van der Waals surface area (Å²) in [4.78, 5) is 40.1. The topological polar surface area (TPSA) is 93.5 Å². The molecule has 0 bridgehead atoms. The molecule has 4 amide bonds. The largest absolute Gasteiger partial charge is 0.325 e. The van der Waals surface area contributed by atoms with Crippen molar-refractivity contribution >= 4 is 23.5 Å². The van der Waals surface area contributed by atoms with Gasteiger partial charge in [-0.3, -0.25) is 14.5 Å². The number of hydrogen-bond acceptors (Lipinski definition) is 4. The summed E-state index contributed by atoms with van der Waals surface area (Å²) in [5.74, 6) is -0.919. The lowest BCUT2D eigenvalue weighted by Crippen LogP contribution is -2.43. The average molecular weight is 362 g/mol. The van der Waals surface area contributed by atoms with E-state index < -0.39 is 17.5 Å². The number of urea groups is 1. The smallest absolute Gasteiger partial charge is 0.319 e. The number of benzene rings is 2. The molecule has 27 heavy (non-hydrogen) atoms. The van der Waals surface area contributed by atoms with E-state index in [0.717, 1.165) is 4.90 Å². The summed E-state index contributed by atoms with van der Waals surface area (Å²) in [6, 6.07) is 16.8. The maximum absolute atomic E-state index is 12.9. The van der Waals surface area contributed by atoms with Crippen molar-refractivity contribution in [3.8, 4) is 6.07 Å². The fraction of sp³-hybridized carbons (Fsp3) is 0.200. The van der Waals surface area contributed by atoms with Gasteiger partial charge in [0.1, 0.15) is 12.1 Å². The molecule has 0 spiro atoms. The third-order valence-electron chi connectivity index (χ3n) is 4.65. The Morgan fingerprint density at radius 1 is 1.19 bits per heavy atom. The van der Waals surface area contributed by atoms with Gasteiger partial charge in [-0.05, 0) is 36.8 Å². The summed E-state index contributed by atoms with van der Waals surface area (Å²) < 4.78 is 0. The summed E-state index contributed by atoms with van der Waals surface area (Å²) in [5.41, 5.74) is 0.217. The predicted octanol–water partition coefficient (Wildman–Crippen LogP) is 1.99. The van der Waals surface area contributed by atoms with E-state index in [1.807, 2.05) is 12.1 Å². The van der Waals surface area contributed by atoms with Crippen molar-refractivity contribution in [1.82, 2.24) is 10.2 Å². The molecule has 2 aromatic rings. The number of rotatable bonds is 4. The van der Waals surface area contributed by atoms with Gasteiger partial charge >= 0.3 is 6.03 Å². The normalized spacial score (nSPS) is 18.8. The molecule has 0 radical (unpaired) electrons. The van der Waals surface area contributed by atoms with E-state index in [2.05, 4.69) is 5.32 Å². The average Bonchev–Trinajstić information content (AvgIpc) is 2.92. The number of para-hydroxylation sites is 1. The molecule has 1 fully saturated rings. The summed E-state index contributed by atoms with van der Waals surface area (Å²) >= 11 is 0. The van der Waals surface area contributed by atoms with Crippen LogP contribution in [0.4, 0.5) is 10.5 Å². The number of imide groups is 1. The van der Waals surface area contributed by atoms with Crippen LogP contribution < -0.4 is 10.2 Å². The monoisotopic (exact) mass is 362 g/mol. The van der Waals surface area contributed by atoms with Gasteiger partial charge in [0, 0.05) is 12.7 Å². The number of anilines is 1. The van der Waals surface area contributed by atoms with Crippen molar-refractivity contribution < 1.29 is 14.4 Å². The molecule has 1 aliphatic heterocycles. The molecule has 1 saturated heterocycles. The van der Waals surface area contributed by atoms with Crippen molar-refractivity contribution in [2.75, 3.05) is 18.5 Å². The SMILES string of the molecule is CN(C(=O)CN1C(=O)NC(C)(c2cccc(C#N)c2)C1=O)c1ccccc1. The van der Waals surface area contributed by atoms with Crippen LogP contribution in [0.25, 0.3) is 0 Å². The Labute approximate surface area is 156 Å². The van der Waals surface area contributed by atoms with E-state index in [0.29, 0.717) is 16.8 Å². The number of amides is 4. The van der Waals surface area contributed by atoms with Crippen LogP contribution in [0.15, 0.2) is 54.6 Å². The Bertz CT molecular complexity index is 951. The Hall–Kier alpha value is -3.66. The molecule has 7 heteroatoms. The fourth-order valence-corrected chi connectivity index (χ4v) is 2.97. The van der Waals surface area contributed by atoms with E-state index >= 15 is 0 Å². The van der Waals surface area contributed by atoms with Gasteiger partial charge in [-0.25, -0.2) is 4.79 Å². The molecule has 1 heterocycles. The zero-order chi connectivity index (χ0) is 19.6. The van der Waals surface area contributed by atoms with E-state index in [1.165, 1.54) is 4.90 Å². The third kappa shape index (κ3) is 3.25. The minimum absolute atomic E-state index is 0.371. The molecule has 0 saturated carbocycles. The van der Waals surface area contributed by atoms with Crippen LogP contribution in [0.3, 0.4) is 0 Å². The van der Waals surface area contributed by atoms with Crippen LogP contribution in [0.5, 0.6) is 0 Å². The lowest BCUT2D eigenvalue weighted by Gasteiger charge is -2.23. The molecule has 136 valence electrons. The first-order valence-electron chi connectivity index (χ1n) is 8.33. The highest BCUT2D eigenvalue weighted by Crippen LogP contribution is 2.29. The van der Waals surface area contributed by atoms with E-state index in [4.69, 9.17) is 5.26 Å². The minimum Gasteiger partial charge on any atom is -0.319 e. The number of hydrogen-bond donors (Lipinski definition) is 1. The number of nitriles is 1. The van der Waals surface area contributed by atoms with Crippen molar-refractivity contribution in [2.45, 2.75) is 12.5 Å². The van der Waals surface area contributed by atoms with E-state index in [1.54, 1.807) is 62.5 Å². The molecule has 1 N–H and O–H groups in total. The quantitative estimate of drug-likeness (QED) is 0.842. The number of likely N-dealkylation sites (N-methyl/N-ethyl adjacent to an activating group) is 1. The molecular formula is C20H18N4O3. The Morgan fingerprint density at radius 2 is 1.89 bits per heavy atom.